The number of fused-ring (bicyclic) bond motifs is 1. The molecule has 11 heteroatoms. The van der Waals surface area contributed by atoms with Crippen molar-refractivity contribution in [2.75, 3.05) is 10.6 Å². The fourth-order valence-electron chi connectivity index (χ4n) is 6.33. The van der Waals surface area contributed by atoms with Crippen LogP contribution < -0.4 is 16.0 Å². The lowest BCUT2D eigenvalue weighted by molar-refractivity contribution is -0.116. The van der Waals surface area contributed by atoms with Crippen LogP contribution in [-0.2, 0) is 22.4 Å². The van der Waals surface area contributed by atoms with E-state index in [1.165, 1.54) is 47.4 Å². The molecule has 0 radical (unpaired) electrons. The molecule has 6 rings (SSSR count). The molecule has 0 aliphatic heterocycles. The summed E-state index contributed by atoms with van der Waals surface area (Å²) in [5, 5.41) is 18.6. The number of amides is 3. The van der Waals surface area contributed by atoms with Crippen LogP contribution in [0.5, 0.6) is 0 Å². The molecular weight excluding hydrogens is 739 g/mol. The Morgan fingerprint density at radius 1 is 0.963 bits per heavy atom. The summed E-state index contributed by atoms with van der Waals surface area (Å²) in [6.07, 6.45) is 3.88. The van der Waals surface area contributed by atoms with E-state index in [0.717, 1.165) is 35.3 Å². The fourth-order valence-corrected chi connectivity index (χ4v) is 8.91. The van der Waals surface area contributed by atoms with Crippen molar-refractivity contribution in [3.05, 3.63) is 152 Å². The second-order valence-electron chi connectivity index (χ2n) is 14.0. The van der Waals surface area contributed by atoms with Crippen molar-refractivity contribution in [1.29, 1.82) is 5.26 Å². The average Bonchev–Trinajstić information content (AvgIpc) is 3.51. The summed E-state index contributed by atoms with van der Waals surface area (Å²) in [7, 11) is 0. The van der Waals surface area contributed by atoms with E-state index in [0.29, 0.717) is 32.6 Å². The van der Waals surface area contributed by atoms with Gasteiger partial charge in [-0.1, -0.05) is 93.0 Å². The minimum absolute atomic E-state index is 0.0566. The number of nitrogens with zero attached hydrogens (tertiary/aromatic N) is 1. The highest BCUT2D eigenvalue weighted by molar-refractivity contribution is 8.00. The molecule has 5 aromatic rings. The van der Waals surface area contributed by atoms with Crippen LogP contribution in [-0.4, -0.2) is 17.7 Å². The van der Waals surface area contributed by atoms with E-state index < -0.39 is 22.9 Å². The van der Waals surface area contributed by atoms with Crippen molar-refractivity contribution in [3.8, 4) is 6.07 Å². The first kappa shape index (κ1) is 38.5. The largest absolute Gasteiger partial charge is 0.321 e. The number of hydrogen-bond acceptors (Lipinski definition) is 6. The van der Waals surface area contributed by atoms with Gasteiger partial charge in [-0.25, -0.2) is 4.39 Å². The molecule has 0 bridgehead atoms. The Morgan fingerprint density at radius 2 is 1.67 bits per heavy atom. The van der Waals surface area contributed by atoms with E-state index in [2.05, 4.69) is 42.8 Å². The van der Waals surface area contributed by atoms with Gasteiger partial charge in [0.05, 0.1) is 10.6 Å². The van der Waals surface area contributed by atoms with Crippen LogP contribution in [0, 0.1) is 28.5 Å². The van der Waals surface area contributed by atoms with Crippen LogP contribution in [0.1, 0.15) is 69.9 Å². The van der Waals surface area contributed by atoms with Crippen LogP contribution in [0.15, 0.2) is 114 Å². The highest BCUT2D eigenvalue weighted by Gasteiger charge is 2.33. The van der Waals surface area contributed by atoms with E-state index in [1.54, 1.807) is 48.5 Å². The lowest BCUT2D eigenvalue weighted by Gasteiger charge is -2.33. The third-order valence-electron chi connectivity index (χ3n) is 9.34. The Labute approximate surface area is 327 Å². The molecule has 1 aliphatic carbocycles. The van der Waals surface area contributed by atoms with E-state index in [1.807, 2.05) is 36.4 Å². The monoisotopic (exact) mass is 776 g/mol. The first-order valence-electron chi connectivity index (χ1n) is 17.4. The second kappa shape index (κ2) is 16.9. The third-order valence-corrected chi connectivity index (χ3v) is 12.1. The van der Waals surface area contributed by atoms with Crippen molar-refractivity contribution < 1.29 is 18.8 Å². The minimum atomic E-state index is -0.711. The maximum absolute atomic E-state index is 14.8. The Bertz CT molecular complexity index is 2240. The predicted octanol–water partition coefficient (Wildman–Crippen LogP) is 10.4. The molecular formula is C43H38ClFN4O3S2. The Kier molecular flexibility index (Phi) is 12.0. The first-order chi connectivity index (χ1) is 25.9. The van der Waals surface area contributed by atoms with Crippen molar-refractivity contribution in [2.45, 2.75) is 50.2 Å². The van der Waals surface area contributed by atoms with Crippen LogP contribution in [0.3, 0.4) is 0 Å². The van der Waals surface area contributed by atoms with Crippen molar-refractivity contribution in [3.63, 3.8) is 0 Å². The number of carbonyl (C=O) groups is 3. The Hall–Kier alpha value is -5.21. The van der Waals surface area contributed by atoms with Crippen LogP contribution in [0.25, 0.3) is 6.08 Å². The van der Waals surface area contributed by atoms with Gasteiger partial charge in [-0.3, -0.25) is 14.4 Å². The summed E-state index contributed by atoms with van der Waals surface area (Å²) in [5.74, 6) is -1.73. The summed E-state index contributed by atoms with van der Waals surface area (Å²) in [5.41, 5.74) is 2.88. The second-order valence-corrected chi connectivity index (χ2v) is 16.7. The summed E-state index contributed by atoms with van der Waals surface area (Å²) in [6.45, 7) is 6.73. The highest BCUT2D eigenvalue weighted by Crippen LogP contribution is 2.45. The molecule has 1 aromatic heterocycles. The zero-order valence-corrected chi connectivity index (χ0v) is 32.3. The molecule has 3 N–H and O–H groups in total. The minimum Gasteiger partial charge on any atom is -0.321 e. The predicted molar refractivity (Wildman–Crippen MR) is 216 cm³/mol. The molecule has 2 atom stereocenters. The maximum atomic E-state index is 14.8. The number of benzene rings is 4. The molecule has 0 spiro atoms. The number of nitriles is 1. The number of anilines is 2. The third kappa shape index (κ3) is 9.11. The zero-order chi connectivity index (χ0) is 38.4. The molecule has 274 valence electrons. The summed E-state index contributed by atoms with van der Waals surface area (Å²) >= 11 is 9.06. The molecule has 7 nitrogen and oxygen atoms in total. The molecule has 54 heavy (non-hydrogen) atoms. The van der Waals surface area contributed by atoms with Gasteiger partial charge < -0.3 is 16.0 Å². The van der Waals surface area contributed by atoms with Crippen LogP contribution >= 0.6 is 34.7 Å². The number of rotatable bonds is 10. The van der Waals surface area contributed by atoms with Gasteiger partial charge in [0.2, 0.25) is 5.91 Å². The zero-order valence-electron chi connectivity index (χ0n) is 29.9. The standard InChI is InChI=1S/C43H38ClFN4O3S2/c1-43(2,3)28-20-21-31-33(25-46)42(54-37(31)22-28)49-41(52)38(26-12-6-4-7-13-26)53-30-17-10-16-29(23-30)47-40(51)36(24-32-34(44)18-11-19-35(32)45)48-39(50)27-14-8-5-9-15-27/h4-19,23-24,28,38H,20-22H2,1-3H3,(H,47,51)(H,48,50)(H,49,52)/b36-24+. The normalized spacial score (nSPS) is 14.7. The molecule has 2 unspecified atom stereocenters. The number of thiophene rings is 1. The van der Waals surface area contributed by atoms with E-state index in [4.69, 9.17) is 11.6 Å². The van der Waals surface area contributed by atoms with Gasteiger partial charge in [0.25, 0.3) is 11.8 Å². The Balaban J connectivity index is 1.25. The molecule has 0 saturated carbocycles. The molecule has 0 saturated heterocycles. The van der Waals surface area contributed by atoms with Gasteiger partial charge in [0.1, 0.15) is 27.8 Å². The smallest absolute Gasteiger partial charge is 0.272 e. The first-order valence-corrected chi connectivity index (χ1v) is 19.5. The highest BCUT2D eigenvalue weighted by atomic mass is 35.5. The SMILES string of the molecule is CC(C)(C)C1CCc2c(sc(NC(=O)C(Sc3cccc(NC(=O)/C(=C\c4c(F)cccc4Cl)NC(=O)c4ccccc4)c3)c3ccccc3)c2C#N)C1. The molecule has 3 amide bonds. The van der Waals surface area contributed by atoms with Gasteiger partial charge in [-0.05, 0) is 90.3 Å². The number of nitrogens with one attached hydrogen (secondary N) is 3. The quantitative estimate of drug-likeness (QED) is 0.0966. The lowest BCUT2D eigenvalue weighted by Crippen LogP contribution is -2.30. The van der Waals surface area contributed by atoms with E-state index in [9.17, 15) is 24.0 Å². The number of hydrogen-bond donors (Lipinski definition) is 3. The van der Waals surface area contributed by atoms with Gasteiger partial charge in [-0.15, -0.1) is 23.1 Å². The van der Waals surface area contributed by atoms with E-state index in [-0.39, 0.29) is 27.6 Å². The van der Waals surface area contributed by atoms with Crippen molar-refractivity contribution >= 4 is 69.2 Å². The van der Waals surface area contributed by atoms with Crippen LogP contribution in [0.2, 0.25) is 5.02 Å². The number of carbonyl (C=O) groups excluding carboxylic acids is 3. The van der Waals surface area contributed by atoms with Gasteiger partial charge >= 0.3 is 0 Å². The van der Waals surface area contributed by atoms with Crippen molar-refractivity contribution in [1.82, 2.24) is 5.32 Å². The summed E-state index contributed by atoms with van der Waals surface area (Å²) < 4.78 is 14.8. The molecule has 0 fully saturated rings. The summed E-state index contributed by atoms with van der Waals surface area (Å²) in [4.78, 5) is 42.8. The number of thioether (sulfide) groups is 1. The Morgan fingerprint density at radius 3 is 2.35 bits per heavy atom. The van der Waals surface area contributed by atoms with Gasteiger partial charge in [0.15, 0.2) is 0 Å². The van der Waals surface area contributed by atoms with Crippen LogP contribution in [0.4, 0.5) is 15.1 Å². The van der Waals surface area contributed by atoms with Gasteiger partial charge in [0, 0.05) is 26.6 Å². The molecule has 1 heterocycles. The maximum Gasteiger partial charge on any atom is 0.272 e. The lowest BCUT2D eigenvalue weighted by atomic mass is 9.72. The summed E-state index contributed by atoms with van der Waals surface area (Å²) in [6, 6.07) is 31.2. The number of halogens is 2. The topological polar surface area (TPSA) is 111 Å². The van der Waals surface area contributed by atoms with Gasteiger partial charge in [-0.2, -0.15) is 5.26 Å². The molecule has 1 aliphatic rings. The van der Waals surface area contributed by atoms with E-state index >= 15 is 0 Å². The molecule has 4 aromatic carbocycles. The average molecular weight is 777 g/mol. The van der Waals surface area contributed by atoms with Crippen molar-refractivity contribution in [2.24, 2.45) is 11.3 Å². The fraction of sp³-hybridized carbons (Fsp3) is 0.209.